The topological polar surface area (TPSA) is 97.1 Å². The highest BCUT2D eigenvalue weighted by Gasteiger charge is 2.36. The lowest BCUT2D eigenvalue weighted by atomic mass is 10.0. The molecule has 0 saturated heterocycles. The number of hydrogen-bond donors (Lipinski definition) is 0. The Morgan fingerprint density at radius 2 is 1.68 bits per heavy atom. The maximum absolute atomic E-state index is 13.8. The van der Waals surface area contributed by atoms with E-state index in [1.165, 1.54) is 28.0 Å². The van der Waals surface area contributed by atoms with E-state index in [0.29, 0.717) is 23.8 Å². The molecule has 0 aliphatic carbocycles. The van der Waals surface area contributed by atoms with E-state index in [1.54, 1.807) is 25.2 Å². The van der Waals surface area contributed by atoms with Gasteiger partial charge < -0.3 is 9.15 Å². The van der Waals surface area contributed by atoms with Crippen LogP contribution in [0.4, 0.5) is 0 Å². The molecule has 1 heterocycles. The summed E-state index contributed by atoms with van der Waals surface area (Å²) in [6.07, 6.45) is 1.68. The first-order chi connectivity index (χ1) is 17.5. The maximum Gasteiger partial charge on any atom is 0.243 e. The SMILES string of the molecule is CCCS(=O)(=O)N(C)[C@@H](Cc1ccccc1)[C@@H](CN(CC(C)C)S(=O)(=O)c1ccc2occc2c1)OC. The van der Waals surface area contributed by atoms with Crippen molar-refractivity contribution in [3.05, 3.63) is 66.4 Å². The number of likely N-dealkylation sites (N-methyl/N-ethyl adjacent to an activating group) is 1. The molecule has 0 fully saturated rings. The molecule has 0 unspecified atom stereocenters. The molecule has 10 heteroatoms. The first kappa shape index (κ1) is 29.3. The summed E-state index contributed by atoms with van der Waals surface area (Å²) in [5, 5.41) is 0.696. The molecule has 0 spiro atoms. The van der Waals surface area contributed by atoms with Crippen molar-refractivity contribution in [2.24, 2.45) is 5.92 Å². The predicted molar refractivity (Wildman–Crippen MR) is 146 cm³/mol. The lowest BCUT2D eigenvalue weighted by Gasteiger charge is -2.36. The molecule has 0 amide bonds. The van der Waals surface area contributed by atoms with E-state index >= 15 is 0 Å². The smallest absolute Gasteiger partial charge is 0.243 e. The minimum absolute atomic E-state index is 0.00389. The third-order valence-corrected chi connectivity index (χ3v) is 10.3. The van der Waals surface area contributed by atoms with Gasteiger partial charge in [-0.1, -0.05) is 51.1 Å². The number of furan rings is 1. The zero-order valence-corrected chi connectivity index (χ0v) is 23.8. The van der Waals surface area contributed by atoms with Crippen LogP contribution in [0.1, 0.15) is 32.8 Å². The third-order valence-electron chi connectivity index (χ3n) is 6.40. The molecule has 0 saturated carbocycles. The van der Waals surface area contributed by atoms with Crippen LogP contribution in [-0.2, 0) is 31.2 Å². The number of fused-ring (bicyclic) bond motifs is 1. The predicted octanol–water partition coefficient (Wildman–Crippen LogP) is 4.38. The summed E-state index contributed by atoms with van der Waals surface area (Å²) in [5.41, 5.74) is 1.55. The fourth-order valence-corrected chi connectivity index (χ4v) is 7.52. The zero-order valence-electron chi connectivity index (χ0n) is 22.2. The highest BCUT2D eigenvalue weighted by molar-refractivity contribution is 7.89. The Kier molecular flexibility index (Phi) is 9.93. The van der Waals surface area contributed by atoms with Gasteiger partial charge in [0.25, 0.3) is 0 Å². The van der Waals surface area contributed by atoms with E-state index in [2.05, 4.69) is 0 Å². The van der Waals surface area contributed by atoms with Crippen LogP contribution in [0.2, 0.25) is 0 Å². The summed E-state index contributed by atoms with van der Waals surface area (Å²) in [4.78, 5) is 0.156. The number of sulfonamides is 2. The van der Waals surface area contributed by atoms with E-state index in [0.717, 1.165) is 5.56 Å². The molecule has 3 aromatic rings. The Hall–Kier alpha value is -2.24. The van der Waals surface area contributed by atoms with Gasteiger partial charge in [0.1, 0.15) is 5.58 Å². The highest BCUT2D eigenvalue weighted by atomic mass is 32.2. The molecule has 1 aromatic heterocycles. The van der Waals surface area contributed by atoms with Gasteiger partial charge in [0.05, 0.1) is 29.1 Å². The second-order valence-electron chi connectivity index (χ2n) is 9.70. The van der Waals surface area contributed by atoms with E-state index < -0.39 is 32.2 Å². The molecule has 2 aromatic carbocycles. The van der Waals surface area contributed by atoms with Gasteiger partial charge in [-0.3, -0.25) is 0 Å². The van der Waals surface area contributed by atoms with Crippen LogP contribution in [0.3, 0.4) is 0 Å². The van der Waals surface area contributed by atoms with Crippen molar-refractivity contribution in [2.75, 3.05) is 33.0 Å². The zero-order chi connectivity index (χ0) is 27.2. The molecule has 0 aliphatic rings. The normalized spacial score (nSPS) is 14.6. The fourth-order valence-electron chi connectivity index (χ4n) is 4.44. The van der Waals surface area contributed by atoms with E-state index in [-0.39, 0.29) is 29.7 Å². The summed E-state index contributed by atoms with van der Waals surface area (Å²) >= 11 is 0. The van der Waals surface area contributed by atoms with Crippen molar-refractivity contribution in [3.63, 3.8) is 0 Å². The monoisotopic (exact) mass is 550 g/mol. The largest absolute Gasteiger partial charge is 0.464 e. The van der Waals surface area contributed by atoms with Crippen molar-refractivity contribution in [3.8, 4) is 0 Å². The Balaban J connectivity index is 2.00. The number of nitrogens with zero attached hydrogens (tertiary/aromatic N) is 2. The van der Waals surface area contributed by atoms with Gasteiger partial charge in [0.2, 0.25) is 20.0 Å². The van der Waals surface area contributed by atoms with E-state index in [9.17, 15) is 16.8 Å². The summed E-state index contributed by atoms with van der Waals surface area (Å²) in [6, 6.07) is 15.5. The van der Waals surface area contributed by atoms with Gasteiger partial charge in [-0.15, -0.1) is 0 Å². The maximum atomic E-state index is 13.8. The first-order valence-electron chi connectivity index (χ1n) is 12.5. The van der Waals surface area contributed by atoms with Crippen molar-refractivity contribution in [1.82, 2.24) is 8.61 Å². The van der Waals surface area contributed by atoms with Crippen molar-refractivity contribution < 1.29 is 26.0 Å². The van der Waals surface area contributed by atoms with Gasteiger partial charge in [0.15, 0.2) is 0 Å². The Morgan fingerprint density at radius 3 is 2.30 bits per heavy atom. The number of hydrogen-bond acceptors (Lipinski definition) is 6. The average molecular weight is 551 g/mol. The molecule has 2 atom stereocenters. The second kappa shape index (κ2) is 12.5. The molecule has 37 heavy (non-hydrogen) atoms. The van der Waals surface area contributed by atoms with Crippen molar-refractivity contribution in [2.45, 2.75) is 50.7 Å². The van der Waals surface area contributed by atoms with Crippen molar-refractivity contribution >= 4 is 31.0 Å². The highest BCUT2D eigenvalue weighted by Crippen LogP contribution is 2.26. The molecule has 3 rings (SSSR count). The van der Waals surface area contributed by atoms with Crippen LogP contribution < -0.4 is 0 Å². The van der Waals surface area contributed by atoms with Crippen LogP contribution in [0.15, 0.2) is 70.2 Å². The molecule has 0 bridgehead atoms. The fraction of sp³-hybridized carbons (Fsp3) is 0.481. The number of benzene rings is 2. The molecule has 204 valence electrons. The minimum atomic E-state index is -3.90. The summed E-state index contributed by atoms with van der Waals surface area (Å²) in [7, 11) is -4.42. The quantitative estimate of drug-likeness (QED) is 0.296. The third kappa shape index (κ3) is 7.20. The van der Waals surface area contributed by atoms with Gasteiger partial charge in [-0.05, 0) is 48.6 Å². The van der Waals surface area contributed by atoms with Crippen LogP contribution >= 0.6 is 0 Å². The average Bonchev–Trinajstić information content (AvgIpc) is 3.33. The summed E-state index contributed by atoms with van der Waals surface area (Å²) < 4.78 is 67.9. The van der Waals surface area contributed by atoms with Crippen LogP contribution in [0.25, 0.3) is 11.0 Å². The summed E-state index contributed by atoms with van der Waals surface area (Å²) in [6.45, 7) is 5.98. The van der Waals surface area contributed by atoms with Crippen LogP contribution in [0, 0.1) is 5.92 Å². The number of methoxy groups -OCH3 is 1. The lowest BCUT2D eigenvalue weighted by molar-refractivity contribution is 0.0335. The standard InChI is InChI=1S/C27H38N2O6S2/c1-6-16-36(30,31)28(4)25(17-22-10-8-7-9-11-22)27(34-5)20-29(19-21(2)3)37(32,33)24-12-13-26-23(18-24)14-15-35-26/h7-15,18,21,25,27H,6,16-17,19-20H2,1-5H3/t25-,27+/m0/s1. The Labute approximate surface area is 221 Å². The minimum Gasteiger partial charge on any atom is -0.464 e. The molecule has 8 nitrogen and oxygen atoms in total. The number of ether oxygens (including phenoxy) is 1. The molecule has 0 radical (unpaired) electrons. The molecular formula is C27H38N2O6S2. The van der Waals surface area contributed by atoms with Crippen LogP contribution in [0.5, 0.6) is 0 Å². The molecule has 0 N–H and O–H groups in total. The lowest BCUT2D eigenvalue weighted by Crippen LogP contribution is -2.52. The molecular weight excluding hydrogens is 512 g/mol. The van der Waals surface area contributed by atoms with E-state index in [1.807, 2.05) is 51.1 Å². The second-order valence-corrected chi connectivity index (χ2v) is 13.8. The van der Waals surface area contributed by atoms with Crippen LogP contribution in [-0.4, -0.2) is 70.6 Å². The van der Waals surface area contributed by atoms with Gasteiger partial charge >= 0.3 is 0 Å². The Morgan fingerprint density at radius 1 is 0.973 bits per heavy atom. The Bertz CT molecular complexity index is 1350. The van der Waals surface area contributed by atoms with Gasteiger partial charge in [-0.25, -0.2) is 16.8 Å². The van der Waals surface area contributed by atoms with E-state index in [4.69, 9.17) is 9.15 Å². The first-order valence-corrected chi connectivity index (χ1v) is 15.5. The number of rotatable bonds is 14. The van der Waals surface area contributed by atoms with Gasteiger partial charge in [0, 0.05) is 32.6 Å². The van der Waals surface area contributed by atoms with Crippen molar-refractivity contribution in [1.29, 1.82) is 0 Å². The van der Waals surface area contributed by atoms with Gasteiger partial charge in [-0.2, -0.15) is 8.61 Å². The molecule has 0 aliphatic heterocycles. The summed E-state index contributed by atoms with van der Waals surface area (Å²) in [5.74, 6) is 0.0447.